The second-order valence-corrected chi connectivity index (χ2v) is 8.85. The number of likely N-dealkylation sites (N-methyl/N-ethyl adjacent to an activating group) is 1. The highest BCUT2D eigenvalue weighted by Gasteiger charge is 2.28. The van der Waals surface area contributed by atoms with Crippen LogP contribution in [0, 0.1) is 0 Å². The summed E-state index contributed by atoms with van der Waals surface area (Å²) in [6.45, 7) is 9.69. The highest BCUT2D eigenvalue weighted by molar-refractivity contribution is 6.32. The molecule has 1 aromatic heterocycles. The number of phenols is 2. The summed E-state index contributed by atoms with van der Waals surface area (Å²) in [6.07, 6.45) is 0. The van der Waals surface area contributed by atoms with Gasteiger partial charge >= 0.3 is 0 Å². The molecule has 194 valence electrons. The van der Waals surface area contributed by atoms with Crippen molar-refractivity contribution >= 4 is 28.3 Å². The number of carbonyl (C=O) groups is 1. The zero-order chi connectivity index (χ0) is 26.5. The lowest BCUT2D eigenvalue weighted by molar-refractivity contribution is 0.0947. The molecule has 9 heteroatoms. The van der Waals surface area contributed by atoms with Crippen LogP contribution in [-0.4, -0.2) is 59.0 Å². The molecule has 37 heavy (non-hydrogen) atoms. The fourth-order valence-electron chi connectivity index (χ4n) is 4.30. The van der Waals surface area contributed by atoms with E-state index in [9.17, 15) is 15.0 Å². The van der Waals surface area contributed by atoms with Gasteiger partial charge in [-0.1, -0.05) is 54.9 Å². The first-order chi connectivity index (χ1) is 17.9. The topological polar surface area (TPSA) is 108 Å². The summed E-state index contributed by atoms with van der Waals surface area (Å²) in [5, 5.41) is 29.0. The molecule has 0 spiro atoms. The lowest BCUT2D eigenvalue weighted by Gasteiger charge is -2.19. The van der Waals surface area contributed by atoms with Gasteiger partial charge in [-0.15, -0.1) is 0 Å². The Morgan fingerprint density at radius 2 is 1.76 bits per heavy atom. The molecule has 0 fully saturated rings. The summed E-state index contributed by atoms with van der Waals surface area (Å²) in [6, 6.07) is 13.9. The van der Waals surface area contributed by atoms with E-state index in [4.69, 9.17) is 20.9 Å². The predicted molar refractivity (Wildman–Crippen MR) is 145 cm³/mol. The number of hydrogen-bond donors (Lipinski definition) is 3. The minimum atomic E-state index is -0.416. The van der Waals surface area contributed by atoms with Crippen LogP contribution in [0.15, 0.2) is 53.1 Å². The van der Waals surface area contributed by atoms with Crippen molar-refractivity contribution in [1.29, 1.82) is 0 Å². The van der Waals surface area contributed by atoms with Crippen LogP contribution in [-0.2, 0) is 0 Å². The summed E-state index contributed by atoms with van der Waals surface area (Å²) >= 11 is 6.14. The fourth-order valence-corrected chi connectivity index (χ4v) is 4.46. The number of fused-ring (bicyclic) bond motifs is 1. The van der Waals surface area contributed by atoms with Crippen LogP contribution in [0.1, 0.15) is 31.3 Å². The summed E-state index contributed by atoms with van der Waals surface area (Å²) in [4.78, 5) is 15.2. The van der Waals surface area contributed by atoms with Crippen molar-refractivity contribution in [3.05, 3.63) is 59.2 Å². The zero-order valence-electron chi connectivity index (χ0n) is 21.0. The van der Waals surface area contributed by atoms with Crippen molar-refractivity contribution < 1.29 is 24.3 Å². The van der Waals surface area contributed by atoms with Gasteiger partial charge in [0.25, 0.3) is 5.91 Å². The lowest BCUT2D eigenvalue weighted by Crippen LogP contribution is -2.27. The van der Waals surface area contributed by atoms with Gasteiger partial charge in [0.15, 0.2) is 11.5 Å². The van der Waals surface area contributed by atoms with Crippen LogP contribution in [0.4, 0.5) is 0 Å². The maximum Gasteiger partial charge on any atom is 0.274 e. The van der Waals surface area contributed by atoms with E-state index >= 15 is 0 Å². The fraction of sp³-hybridized carbons (Fsp3) is 0.286. The first-order valence-corrected chi connectivity index (χ1v) is 12.6. The molecule has 0 radical (unpaired) electrons. The van der Waals surface area contributed by atoms with Gasteiger partial charge in [-0.2, -0.15) is 0 Å². The lowest BCUT2D eigenvalue weighted by atomic mass is 9.93. The molecule has 0 unspecified atom stereocenters. The van der Waals surface area contributed by atoms with E-state index < -0.39 is 5.91 Å². The molecule has 4 rings (SSSR count). The third kappa shape index (κ3) is 5.35. The maximum absolute atomic E-state index is 13.0. The molecule has 0 aliphatic rings. The number of phenolic OH excluding ortho intramolecular Hbond substituents is 2. The first-order valence-electron chi connectivity index (χ1n) is 12.3. The monoisotopic (exact) mass is 523 g/mol. The number of carbonyl (C=O) groups excluding carboxylic acids is 1. The third-order valence-electron chi connectivity index (χ3n) is 6.27. The quantitative estimate of drug-likeness (QED) is 0.245. The molecule has 0 saturated carbocycles. The Balaban J connectivity index is 1.87. The van der Waals surface area contributed by atoms with E-state index in [2.05, 4.69) is 29.2 Å². The molecule has 0 bridgehead atoms. The zero-order valence-corrected chi connectivity index (χ0v) is 21.8. The number of ether oxygens (including phenoxy) is 1. The van der Waals surface area contributed by atoms with Crippen LogP contribution in [0.25, 0.3) is 33.2 Å². The van der Waals surface area contributed by atoms with Crippen molar-refractivity contribution in [3.8, 4) is 39.7 Å². The number of aromatic hydroxyl groups is 2. The van der Waals surface area contributed by atoms with Gasteiger partial charge < -0.3 is 29.7 Å². The smallest absolute Gasteiger partial charge is 0.274 e. The molecule has 1 amide bonds. The van der Waals surface area contributed by atoms with Gasteiger partial charge in [0, 0.05) is 24.5 Å². The SMILES string of the molecule is CCNC(=O)c1noc(-c2cc(Cl)c(O)cc2O)c1-c1ccc(OCCN(CC)CC)c2ccccc12. The van der Waals surface area contributed by atoms with E-state index in [0.717, 1.165) is 42.2 Å². The van der Waals surface area contributed by atoms with Crippen molar-refractivity contribution in [1.82, 2.24) is 15.4 Å². The molecule has 3 aromatic carbocycles. The largest absolute Gasteiger partial charge is 0.507 e. The van der Waals surface area contributed by atoms with E-state index in [-0.39, 0.29) is 33.5 Å². The van der Waals surface area contributed by atoms with E-state index in [1.165, 1.54) is 6.07 Å². The summed E-state index contributed by atoms with van der Waals surface area (Å²) in [7, 11) is 0. The highest BCUT2D eigenvalue weighted by atomic mass is 35.5. The third-order valence-corrected chi connectivity index (χ3v) is 6.57. The van der Waals surface area contributed by atoms with Crippen LogP contribution in [0.2, 0.25) is 5.02 Å². The molecule has 0 aliphatic heterocycles. The normalized spacial score (nSPS) is 11.3. The molecular formula is C28H30ClN3O5. The number of amides is 1. The second-order valence-electron chi connectivity index (χ2n) is 8.45. The second kappa shape index (κ2) is 11.5. The Morgan fingerprint density at radius 3 is 2.46 bits per heavy atom. The number of hydrogen-bond acceptors (Lipinski definition) is 7. The molecule has 0 atom stereocenters. The van der Waals surface area contributed by atoms with Crippen molar-refractivity contribution in [2.75, 3.05) is 32.8 Å². The Labute approximate surface area is 220 Å². The first kappa shape index (κ1) is 26.3. The Morgan fingerprint density at radius 1 is 1.03 bits per heavy atom. The number of halogens is 1. The Hall–Kier alpha value is -3.75. The predicted octanol–water partition coefficient (Wildman–Crippen LogP) is 5.70. The Kier molecular flexibility index (Phi) is 8.21. The van der Waals surface area contributed by atoms with Crippen LogP contribution >= 0.6 is 11.6 Å². The standard InChI is InChI=1S/C28H30ClN3O5/c1-4-30-28(35)26-25(27(37-31-26)20-15-21(29)23(34)16-22(20)33)19-11-12-24(18-10-8-7-9-17(18)19)36-14-13-32(5-2)6-3/h7-12,15-16,33-34H,4-6,13-14H2,1-3H3,(H,30,35). The molecular weight excluding hydrogens is 494 g/mol. The number of nitrogens with one attached hydrogen (secondary N) is 1. The summed E-state index contributed by atoms with van der Waals surface area (Å²) in [5.74, 6) is -0.0758. The number of nitrogens with zero attached hydrogens (tertiary/aromatic N) is 2. The van der Waals surface area contributed by atoms with Crippen LogP contribution in [0.5, 0.6) is 17.2 Å². The van der Waals surface area contributed by atoms with Crippen LogP contribution in [0.3, 0.4) is 0 Å². The van der Waals surface area contributed by atoms with Gasteiger partial charge in [-0.25, -0.2) is 0 Å². The van der Waals surface area contributed by atoms with Gasteiger partial charge in [0.05, 0.1) is 16.1 Å². The number of aromatic nitrogens is 1. The minimum absolute atomic E-state index is 0.0246. The average Bonchev–Trinajstić information content (AvgIpc) is 3.33. The highest BCUT2D eigenvalue weighted by Crippen LogP contribution is 2.45. The average molecular weight is 524 g/mol. The molecule has 1 heterocycles. The number of rotatable bonds is 10. The molecule has 8 nitrogen and oxygen atoms in total. The van der Waals surface area contributed by atoms with E-state index in [1.807, 2.05) is 43.3 Å². The molecule has 0 saturated heterocycles. The van der Waals surface area contributed by atoms with E-state index in [1.54, 1.807) is 0 Å². The molecule has 0 aliphatic carbocycles. The van der Waals surface area contributed by atoms with Crippen molar-refractivity contribution in [3.63, 3.8) is 0 Å². The Bertz CT molecular complexity index is 1410. The van der Waals surface area contributed by atoms with Crippen LogP contribution < -0.4 is 10.1 Å². The van der Waals surface area contributed by atoms with Gasteiger partial charge in [-0.3, -0.25) is 4.79 Å². The molecule has 4 aromatic rings. The molecule has 3 N–H and O–H groups in total. The number of benzene rings is 3. The minimum Gasteiger partial charge on any atom is -0.507 e. The van der Waals surface area contributed by atoms with Gasteiger partial charge in [0.2, 0.25) is 0 Å². The van der Waals surface area contributed by atoms with Crippen molar-refractivity contribution in [2.45, 2.75) is 20.8 Å². The van der Waals surface area contributed by atoms with E-state index in [0.29, 0.717) is 24.3 Å². The van der Waals surface area contributed by atoms with Gasteiger partial charge in [-0.05, 0) is 49.2 Å². The summed E-state index contributed by atoms with van der Waals surface area (Å²) < 4.78 is 11.8. The van der Waals surface area contributed by atoms with Gasteiger partial charge in [0.1, 0.15) is 23.9 Å². The maximum atomic E-state index is 13.0. The summed E-state index contributed by atoms with van der Waals surface area (Å²) in [5.41, 5.74) is 1.34. The van der Waals surface area contributed by atoms with Crippen molar-refractivity contribution in [2.24, 2.45) is 0 Å².